The molecule has 0 aliphatic carbocycles. The Hall–Kier alpha value is -2.40. The topological polar surface area (TPSA) is 63.6 Å². The van der Waals surface area contributed by atoms with Crippen LogP contribution >= 0.6 is 11.6 Å². The van der Waals surface area contributed by atoms with Crippen LogP contribution in [0.2, 0.25) is 5.02 Å². The van der Waals surface area contributed by atoms with Gasteiger partial charge >= 0.3 is 0 Å². The lowest BCUT2D eigenvalue weighted by molar-refractivity contribution is -0.123. The Kier molecular flexibility index (Phi) is 5.08. The van der Waals surface area contributed by atoms with E-state index in [-0.39, 0.29) is 12.5 Å². The number of carbonyl (C=O) groups excluding carboxylic acids is 1. The van der Waals surface area contributed by atoms with Gasteiger partial charge in [0.1, 0.15) is 5.75 Å². The largest absolute Gasteiger partial charge is 0.482 e. The highest BCUT2D eigenvalue weighted by Gasteiger charge is 2.03. The Morgan fingerprint density at radius 2 is 2.05 bits per heavy atom. The van der Waals surface area contributed by atoms with E-state index in [2.05, 4.69) is 15.5 Å². The number of hydrogen-bond donors (Lipinski definition) is 1. The van der Waals surface area contributed by atoms with E-state index in [4.69, 9.17) is 16.3 Å². The Labute approximate surface area is 121 Å². The standard InChI is InChI=1S/C14H12ClN3O2/c15-12-3-1-2-4-13(12)20-10-14(19)18-17-9-11-5-7-16-8-6-11/h1-9H,10H2,(H,18,19). The molecule has 1 aromatic heterocycles. The molecule has 1 N–H and O–H groups in total. The average molecular weight is 290 g/mol. The molecule has 6 heteroatoms. The van der Waals surface area contributed by atoms with Gasteiger partial charge in [-0.2, -0.15) is 5.10 Å². The molecule has 0 radical (unpaired) electrons. The van der Waals surface area contributed by atoms with E-state index >= 15 is 0 Å². The molecule has 1 heterocycles. The van der Waals surface area contributed by atoms with Crippen molar-refractivity contribution in [2.45, 2.75) is 0 Å². The Balaban J connectivity index is 1.79. The molecule has 0 aliphatic rings. The fourth-order valence-electron chi connectivity index (χ4n) is 1.37. The summed E-state index contributed by atoms with van der Waals surface area (Å²) in [6, 6.07) is 10.5. The second-order valence-electron chi connectivity index (χ2n) is 3.79. The maximum Gasteiger partial charge on any atom is 0.277 e. The molecule has 0 saturated carbocycles. The van der Waals surface area contributed by atoms with E-state index in [0.29, 0.717) is 10.8 Å². The molecule has 1 amide bonds. The molecule has 0 aliphatic heterocycles. The first-order chi connectivity index (χ1) is 9.75. The number of carbonyl (C=O) groups is 1. The third kappa shape index (κ3) is 4.37. The van der Waals surface area contributed by atoms with Gasteiger partial charge in [0.2, 0.25) is 0 Å². The zero-order valence-corrected chi connectivity index (χ0v) is 11.2. The van der Waals surface area contributed by atoms with Gasteiger partial charge in [0.05, 0.1) is 11.2 Å². The third-order valence-corrected chi connectivity index (χ3v) is 2.62. The minimum atomic E-state index is -0.366. The normalized spacial score (nSPS) is 10.4. The predicted octanol–water partition coefficient (Wildman–Crippen LogP) is 2.26. The van der Waals surface area contributed by atoms with Crippen molar-refractivity contribution in [1.82, 2.24) is 10.4 Å². The first-order valence-corrected chi connectivity index (χ1v) is 6.23. The highest BCUT2D eigenvalue weighted by molar-refractivity contribution is 6.32. The van der Waals surface area contributed by atoms with Crippen molar-refractivity contribution in [3.63, 3.8) is 0 Å². The number of nitrogens with zero attached hydrogens (tertiary/aromatic N) is 2. The first-order valence-electron chi connectivity index (χ1n) is 5.85. The number of hydrazone groups is 1. The van der Waals surface area contributed by atoms with E-state index in [1.54, 1.807) is 48.8 Å². The number of nitrogens with one attached hydrogen (secondary N) is 1. The first kappa shape index (κ1) is 14.0. The van der Waals surface area contributed by atoms with Gasteiger partial charge in [-0.25, -0.2) is 5.43 Å². The van der Waals surface area contributed by atoms with Gasteiger partial charge in [-0.05, 0) is 29.8 Å². The molecule has 0 unspecified atom stereocenters. The number of para-hydroxylation sites is 1. The molecule has 0 saturated heterocycles. The maximum absolute atomic E-state index is 11.5. The molecule has 1 aromatic carbocycles. The lowest BCUT2D eigenvalue weighted by atomic mass is 10.3. The number of benzene rings is 1. The summed E-state index contributed by atoms with van der Waals surface area (Å²) in [7, 11) is 0. The van der Waals surface area contributed by atoms with Crippen LogP contribution in [0.1, 0.15) is 5.56 Å². The van der Waals surface area contributed by atoms with Gasteiger partial charge in [0.15, 0.2) is 6.61 Å². The van der Waals surface area contributed by atoms with E-state index in [9.17, 15) is 4.79 Å². The molecule has 0 spiro atoms. The fourth-order valence-corrected chi connectivity index (χ4v) is 1.56. The van der Waals surface area contributed by atoms with Gasteiger partial charge in [-0.15, -0.1) is 0 Å². The van der Waals surface area contributed by atoms with Crippen molar-refractivity contribution in [2.75, 3.05) is 6.61 Å². The highest BCUT2D eigenvalue weighted by atomic mass is 35.5. The van der Waals surface area contributed by atoms with Gasteiger partial charge in [0.25, 0.3) is 5.91 Å². The number of hydrogen-bond acceptors (Lipinski definition) is 4. The number of rotatable bonds is 5. The smallest absolute Gasteiger partial charge is 0.277 e. The van der Waals surface area contributed by atoms with Crippen LogP contribution in [0, 0.1) is 0 Å². The monoisotopic (exact) mass is 289 g/mol. The Morgan fingerprint density at radius 1 is 1.30 bits per heavy atom. The third-order valence-electron chi connectivity index (χ3n) is 2.30. The van der Waals surface area contributed by atoms with Crippen LogP contribution in [0.15, 0.2) is 53.9 Å². The molecule has 0 fully saturated rings. The molecule has 0 bridgehead atoms. The van der Waals surface area contributed by atoms with Crippen LogP contribution in [0.5, 0.6) is 5.75 Å². The SMILES string of the molecule is O=C(COc1ccccc1Cl)NN=Cc1ccncc1. The molecular formula is C14H12ClN3O2. The molecular weight excluding hydrogens is 278 g/mol. The molecule has 2 rings (SSSR count). The van der Waals surface area contributed by atoms with E-state index < -0.39 is 0 Å². The number of aromatic nitrogens is 1. The summed E-state index contributed by atoms with van der Waals surface area (Å²) in [5, 5.41) is 4.27. The zero-order chi connectivity index (χ0) is 14.2. The van der Waals surface area contributed by atoms with Crippen LogP contribution < -0.4 is 10.2 Å². The second kappa shape index (κ2) is 7.25. The van der Waals surface area contributed by atoms with Crippen molar-refractivity contribution >= 4 is 23.7 Å². The van der Waals surface area contributed by atoms with Crippen molar-refractivity contribution in [1.29, 1.82) is 0 Å². The Bertz CT molecular complexity index is 602. The van der Waals surface area contributed by atoms with E-state index in [1.807, 2.05) is 0 Å². The van der Waals surface area contributed by atoms with Crippen LogP contribution in [0.4, 0.5) is 0 Å². The molecule has 2 aromatic rings. The number of amides is 1. The van der Waals surface area contributed by atoms with Crippen molar-refractivity contribution in [2.24, 2.45) is 5.10 Å². The van der Waals surface area contributed by atoms with Crippen LogP contribution in [0.3, 0.4) is 0 Å². The number of halogens is 1. The van der Waals surface area contributed by atoms with E-state index in [1.165, 1.54) is 6.21 Å². The summed E-state index contributed by atoms with van der Waals surface area (Å²) >= 11 is 5.90. The minimum Gasteiger partial charge on any atom is -0.482 e. The average Bonchev–Trinajstić information content (AvgIpc) is 2.47. The van der Waals surface area contributed by atoms with Gasteiger partial charge in [-0.1, -0.05) is 23.7 Å². The van der Waals surface area contributed by atoms with Gasteiger partial charge in [-0.3, -0.25) is 9.78 Å². The fraction of sp³-hybridized carbons (Fsp3) is 0.0714. The second-order valence-corrected chi connectivity index (χ2v) is 4.20. The summed E-state index contributed by atoms with van der Waals surface area (Å²) in [5.74, 6) is 0.0951. The van der Waals surface area contributed by atoms with Crippen LogP contribution in [-0.2, 0) is 4.79 Å². The lowest BCUT2D eigenvalue weighted by Crippen LogP contribution is -2.24. The number of ether oxygens (including phenoxy) is 1. The zero-order valence-electron chi connectivity index (χ0n) is 10.5. The van der Waals surface area contributed by atoms with Crippen LogP contribution in [0.25, 0.3) is 0 Å². The molecule has 20 heavy (non-hydrogen) atoms. The maximum atomic E-state index is 11.5. The highest BCUT2D eigenvalue weighted by Crippen LogP contribution is 2.22. The van der Waals surface area contributed by atoms with Gasteiger partial charge < -0.3 is 4.74 Å². The summed E-state index contributed by atoms with van der Waals surface area (Å²) in [6.07, 6.45) is 4.81. The van der Waals surface area contributed by atoms with Crippen molar-refractivity contribution < 1.29 is 9.53 Å². The number of pyridine rings is 1. The quantitative estimate of drug-likeness (QED) is 0.678. The molecule has 5 nitrogen and oxygen atoms in total. The van der Waals surface area contributed by atoms with Gasteiger partial charge in [0, 0.05) is 12.4 Å². The lowest BCUT2D eigenvalue weighted by Gasteiger charge is -2.06. The summed E-state index contributed by atoms with van der Waals surface area (Å²) < 4.78 is 5.27. The van der Waals surface area contributed by atoms with Crippen molar-refractivity contribution in [3.05, 3.63) is 59.4 Å². The van der Waals surface area contributed by atoms with Crippen molar-refractivity contribution in [3.8, 4) is 5.75 Å². The predicted molar refractivity (Wildman–Crippen MR) is 76.9 cm³/mol. The molecule has 102 valence electrons. The molecule has 0 atom stereocenters. The summed E-state index contributed by atoms with van der Waals surface area (Å²) in [5.41, 5.74) is 3.20. The van der Waals surface area contributed by atoms with E-state index in [0.717, 1.165) is 5.56 Å². The minimum absolute atomic E-state index is 0.155. The Morgan fingerprint density at radius 3 is 2.80 bits per heavy atom. The van der Waals surface area contributed by atoms with Crippen LogP contribution in [-0.4, -0.2) is 23.7 Å². The summed E-state index contributed by atoms with van der Waals surface area (Å²) in [4.78, 5) is 15.4. The summed E-state index contributed by atoms with van der Waals surface area (Å²) in [6.45, 7) is -0.155.